The lowest BCUT2D eigenvalue weighted by molar-refractivity contribution is -0.138. The molecule has 0 aromatic carbocycles. The fourth-order valence-corrected chi connectivity index (χ4v) is 0.932. The first-order chi connectivity index (χ1) is 6.61. The number of carboxylic acids is 1. The third-order valence-electron chi connectivity index (χ3n) is 1.71. The van der Waals surface area contributed by atoms with Crippen LogP contribution in [0.5, 0.6) is 0 Å². The van der Waals surface area contributed by atoms with E-state index in [2.05, 4.69) is 9.73 Å². The summed E-state index contributed by atoms with van der Waals surface area (Å²) in [5, 5.41) is 8.77. The number of nitrogens with zero attached hydrogens (tertiary/aromatic N) is 1. The van der Waals surface area contributed by atoms with Crippen molar-refractivity contribution in [1.82, 2.24) is 0 Å². The topological polar surface area (TPSA) is 111 Å². The maximum atomic E-state index is 10.7. The molecule has 14 heavy (non-hydrogen) atoms. The second-order valence-corrected chi connectivity index (χ2v) is 2.81. The summed E-state index contributed by atoms with van der Waals surface area (Å²) >= 11 is 0. The van der Waals surface area contributed by atoms with Gasteiger partial charge in [-0.2, -0.15) is 0 Å². The summed E-state index contributed by atoms with van der Waals surface area (Å²) in [5.74, 6) is -0.998. The Hall–Kier alpha value is -1.30. The van der Waals surface area contributed by atoms with Crippen molar-refractivity contribution in [2.24, 2.45) is 16.5 Å². The lowest BCUT2D eigenvalue weighted by Gasteiger charge is -2.07. The lowest BCUT2D eigenvalue weighted by atomic mass is 10.1. The number of ether oxygens (including phenoxy) is 1. The minimum Gasteiger partial charge on any atom is -0.480 e. The number of rotatable bonds is 6. The summed E-state index contributed by atoms with van der Waals surface area (Å²) in [4.78, 5) is 14.4. The van der Waals surface area contributed by atoms with Gasteiger partial charge in [0.25, 0.3) is 6.02 Å². The third kappa shape index (κ3) is 5.36. The number of unbranched alkanes of at least 4 members (excludes halogenated alkanes) is 1. The molecule has 0 radical (unpaired) electrons. The normalized spacial score (nSPS) is 13.7. The molecule has 0 saturated heterocycles. The molecule has 82 valence electrons. The van der Waals surface area contributed by atoms with Gasteiger partial charge < -0.3 is 21.3 Å². The van der Waals surface area contributed by atoms with E-state index in [0.717, 1.165) is 6.42 Å². The molecule has 0 saturated carbocycles. The molecule has 1 atom stereocenters. The van der Waals surface area contributed by atoms with E-state index in [1.165, 1.54) is 7.11 Å². The van der Waals surface area contributed by atoms with Gasteiger partial charge in [0.1, 0.15) is 0 Å². The first kappa shape index (κ1) is 12.7. The largest absolute Gasteiger partial charge is 0.480 e. The van der Waals surface area contributed by atoms with Gasteiger partial charge in [-0.3, -0.25) is 0 Å². The second kappa shape index (κ2) is 7.14. The quantitative estimate of drug-likeness (QED) is 0.307. The van der Waals surface area contributed by atoms with Crippen LogP contribution in [0, 0.1) is 0 Å². The van der Waals surface area contributed by atoms with Crippen molar-refractivity contribution in [2.75, 3.05) is 13.7 Å². The molecule has 0 aromatic heterocycles. The Morgan fingerprint density at radius 1 is 1.57 bits per heavy atom. The molecule has 0 aliphatic carbocycles. The Morgan fingerprint density at radius 3 is 2.64 bits per heavy atom. The number of hydrogen-bond donors (Lipinski definition) is 3. The zero-order valence-electron chi connectivity index (χ0n) is 8.27. The Kier molecular flexibility index (Phi) is 6.47. The van der Waals surface area contributed by atoms with Gasteiger partial charge >= 0.3 is 5.97 Å². The first-order valence-corrected chi connectivity index (χ1v) is 4.42. The van der Waals surface area contributed by atoms with Crippen LogP contribution in [0.4, 0.5) is 0 Å². The van der Waals surface area contributed by atoms with E-state index in [-0.39, 0.29) is 6.02 Å². The molecule has 0 amide bonds. The highest BCUT2D eigenvalue weighted by molar-refractivity contribution is 5.79. The van der Waals surface area contributed by atoms with Gasteiger partial charge in [0.15, 0.2) is 6.04 Å². The summed E-state index contributed by atoms with van der Waals surface area (Å²) in [6.45, 7) is 0.551. The fourth-order valence-electron chi connectivity index (χ4n) is 0.932. The Labute approximate surface area is 82.9 Å². The molecule has 0 spiro atoms. The fraction of sp³-hybridized carbons (Fsp3) is 0.750. The molecule has 6 nitrogen and oxygen atoms in total. The molecule has 0 fully saturated rings. The predicted octanol–water partition coefficient (Wildman–Crippen LogP) is -0.470. The summed E-state index contributed by atoms with van der Waals surface area (Å²) in [7, 11) is 1.34. The summed E-state index contributed by atoms with van der Waals surface area (Å²) in [5.41, 5.74) is 10.5. The van der Waals surface area contributed by atoms with Gasteiger partial charge in [-0.15, -0.1) is 0 Å². The van der Waals surface area contributed by atoms with E-state index >= 15 is 0 Å². The number of aliphatic carboxylic acids is 1. The molecular weight excluding hydrogens is 186 g/mol. The van der Waals surface area contributed by atoms with Crippen molar-refractivity contribution in [3.8, 4) is 0 Å². The Bertz CT molecular complexity index is 206. The SMILES string of the molecule is COC(N)=N[C@@H](CCCCN)C(=O)O. The number of hydrogen-bond acceptors (Lipinski definition) is 4. The van der Waals surface area contributed by atoms with Gasteiger partial charge in [-0.1, -0.05) is 0 Å². The smallest absolute Gasteiger partial charge is 0.328 e. The zero-order chi connectivity index (χ0) is 11.0. The van der Waals surface area contributed by atoms with Crippen LogP contribution in [-0.4, -0.2) is 36.8 Å². The monoisotopic (exact) mass is 203 g/mol. The van der Waals surface area contributed by atoms with Gasteiger partial charge in [0.2, 0.25) is 0 Å². The Balaban J connectivity index is 4.09. The standard InChI is InChI=1S/C8H17N3O3/c1-14-8(10)11-6(7(12)13)4-2-3-5-9/h6H,2-5,9H2,1H3,(H2,10,11)(H,12,13)/t6-/m0/s1. The predicted molar refractivity (Wildman–Crippen MR) is 53.0 cm³/mol. The second-order valence-electron chi connectivity index (χ2n) is 2.81. The molecule has 0 rings (SSSR count). The molecule has 0 aliphatic rings. The van der Waals surface area contributed by atoms with Crippen LogP contribution in [0.1, 0.15) is 19.3 Å². The maximum Gasteiger partial charge on any atom is 0.328 e. The average molecular weight is 203 g/mol. The van der Waals surface area contributed by atoms with Crippen LogP contribution in [0.3, 0.4) is 0 Å². The minimum atomic E-state index is -0.998. The highest BCUT2D eigenvalue weighted by atomic mass is 16.5. The number of aliphatic imine (C=N–C) groups is 1. The minimum absolute atomic E-state index is 0.106. The van der Waals surface area contributed by atoms with E-state index < -0.39 is 12.0 Å². The number of carboxylic acid groups (broad SMARTS) is 1. The van der Waals surface area contributed by atoms with Gasteiger partial charge in [0, 0.05) is 0 Å². The van der Waals surface area contributed by atoms with Crippen LogP contribution in [0.25, 0.3) is 0 Å². The van der Waals surface area contributed by atoms with E-state index in [1.807, 2.05) is 0 Å². The number of nitrogens with two attached hydrogens (primary N) is 2. The van der Waals surface area contributed by atoms with Gasteiger partial charge in [-0.25, -0.2) is 9.79 Å². The van der Waals surface area contributed by atoms with Gasteiger partial charge in [-0.05, 0) is 25.8 Å². The van der Waals surface area contributed by atoms with Crippen molar-refractivity contribution < 1.29 is 14.6 Å². The summed E-state index contributed by atoms with van der Waals surface area (Å²) in [6.07, 6.45) is 1.93. The molecule has 6 heteroatoms. The zero-order valence-corrected chi connectivity index (χ0v) is 8.27. The molecule has 0 heterocycles. The summed E-state index contributed by atoms with van der Waals surface area (Å²) < 4.78 is 4.58. The average Bonchev–Trinajstić information content (AvgIpc) is 2.16. The van der Waals surface area contributed by atoms with Crippen molar-refractivity contribution in [2.45, 2.75) is 25.3 Å². The number of methoxy groups -OCH3 is 1. The third-order valence-corrected chi connectivity index (χ3v) is 1.71. The molecule has 0 aliphatic heterocycles. The summed E-state index contributed by atoms with van der Waals surface area (Å²) in [6, 6.07) is -0.938. The van der Waals surface area contributed by atoms with Gasteiger partial charge in [0.05, 0.1) is 7.11 Å². The molecular formula is C8H17N3O3. The first-order valence-electron chi connectivity index (χ1n) is 4.42. The van der Waals surface area contributed by atoms with E-state index in [0.29, 0.717) is 19.4 Å². The highest BCUT2D eigenvalue weighted by Crippen LogP contribution is 2.04. The molecule has 0 aromatic rings. The van der Waals surface area contributed by atoms with Crippen LogP contribution < -0.4 is 11.5 Å². The lowest BCUT2D eigenvalue weighted by Crippen LogP contribution is -2.24. The molecule has 0 bridgehead atoms. The van der Waals surface area contributed by atoms with E-state index in [9.17, 15) is 4.79 Å². The maximum absolute atomic E-state index is 10.7. The van der Waals surface area contributed by atoms with E-state index in [1.54, 1.807) is 0 Å². The van der Waals surface area contributed by atoms with E-state index in [4.69, 9.17) is 16.6 Å². The molecule has 5 N–H and O–H groups in total. The van der Waals surface area contributed by atoms with Crippen molar-refractivity contribution in [3.05, 3.63) is 0 Å². The highest BCUT2D eigenvalue weighted by Gasteiger charge is 2.16. The molecule has 0 unspecified atom stereocenters. The van der Waals surface area contributed by atoms with Crippen LogP contribution in [-0.2, 0) is 9.53 Å². The van der Waals surface area contributed by atoms with Crippen molar-refractivity contribution in [3.63, 3.8) is 0 Å². The van der Waals surface area contributed by atoms with Crippen LogP contribution >= 0.6 is 0 Å². The van der Waals surface area contributed by atoms with Crippen LogP contribution in [0.15, 0.2) is 4.99 Å². The number of carbonyl (C=O) groups is 1. The van der Waals surface area contributed by atoms with Crippen molar-refractivity contribution >= 4 is 12.0 Å². The van der Waals surface area contributed by atoms with Crippen LogP contribution in [0.2, 0.25) is 0 Å². The Morgan fingerprint density at radius 2 is 2.21 bits per heavy atom. The van der Waals surface area contributed by atoms with Crippen molar-refractivity contribution in [1.29, 1.82) is 0 Å². The number of amidine groups is 1.